The monoisotopic (exact) mass is 422 g/mol. The largest absolute Gasteiger partial charge is 0.378 e. The van der Waals surface area contributed by atoms with E-state index in [0.717, 1.165) is 54.7 Å². The van der Waals surface area contributed by atoms with Gasteiger partial charge in [-0.1, -0.05) is 6.42 Å². The Morgan fingerprint density at radius 2 is 2.07 bits per heavy atom. The molecule has 1 unspecified atom stereocenters. The fraction of sp³-hybridized carbons (Fsp3) is 0.476. The Bertz CT molecular complexity index is 812. The zero-order chi connectivity index (χ0) is 20.8. The van der Waals surface area contributed by atoms with E-state index in [4.69, 9.17) is 15.6 Å². The molecule has 5 nitrogen and oxygen atoms in total. The maximum absolute atomic E-state index is 13.7. The molecule has 3 rings (SSSR count). The lowest BCUT2D eigenvalue weighted by Gasteiger charge is -2.30. The van der Waals surface area contributed by atoms with Crippen LogP contribution in [-0.2, 0) is 4.74 Å². The highest BCUT2D eigenvalue weighted by Gasteiger charge is 2.34. The molecule has 2 N–H and O–H groups in total. The van der Waals surface area contributed by atoms with Crippen LogP contribution in [0.5, 0.6) is 0 Å². The van der Waals surface area contributed by atoms with Crippen LogP contribution < -0.4 is 5.84 Å². The second-order valence-electron chi connectivity index (χ2n) is 7.02. The summed E-state index contributed by atoms with van der Waals surface area (Å²) < 4.78 is 32.3. The summed E-state index contributed by atoms with van der Waals surface area (Å²) in [4.78, 5) is 7.54. The summed E-state index contributed by atoms with van der Waals surface area (Å²) in [6.07, 6.45) is 6.72. The molecule has 2 aliphatic heterocycles. The van der Waals surface area contributed by atoms with E-state index in [2.05, 4.69) is 11.8 Å². The van der Waals surface area contributed by atoms with Gasteiger partial charge in [0.25, 0.3) is 0 Å². The van der Waals surface area contributed by atoms with Gasteiger partial charge >= 0.3 is 0 Å². The number of allylic oxidation sites excluding steroid dienone is 2. The van der Waals surface area contributed by atoms with E-state index in [0.29, 0.717) is 18.1 Å². The molecule has 8 heteroatoms. The van der Waals surface area contributed by atoms with E-state index in [9.17, 15) is 8.78 Å². The Hall–Kier alpha value is -1.90. The first-order valence-corrected chi connectivity index (χ1v) is 10.9. The SMILES string of the molecule is CCOCC1N=C2C(=C(C)C=CN2N)N1CCCCCSc1ccc(F)cc1F. The lowest BCUT2D eigenvalue weighted by Crippen LogP contribution is -2.39. The van der Waals surface area contributed by atoms with Gasteiger partial charge in [-0.05, 0) is 56.2 Å². The third kappa shape index (κ3) is 5.38. The molecular weight excluding hydrogens is 394 g/mol. The van der Waals surface area contributed by atoms with Crippen LogP contribution in [0.2, 0.25) is 0 Å². The fourth-order valence-electron chi connectivity index (χ4n) is 3.43. The minimum atomic E-state index is -0.543. The summed E-state index contributed by atoms with van der Waals surface area (Å²) >= 11 is 1.43. The molecule has 158 valence electrons. The third-order valence-electron chi connectivity index (χ3n) is 4.90. The Kier molecular flexibility index (Phi) is 7.69. The molecular formula is C21H28F2N4OS. The van der Waals surface area contributed by atoms with Crippen LogP contribution >= 0.6 is 11.8 Å². The van der Waals surface area contributed by atoms with Crippen molar-refractivity contribution in [1.29, 1.82) is 0 Å². The summed E-state index contributed by atoms with van der Waals surface area (Å²) in [5, 5.41) is 1.56. The van der Waals surface area contributed by atoms with Crippen molar-refractivity contribution in [3.05, 3.63) is 53.4 Å². The van der Waals surface area contributed by atoms with Gasteiger partial charge in [-0.25, -0.2) is 19.6 Å². The van der Waals surface area contributed by atoms with Crippen LogP contribution in [0, 0.1) is 11.6 Å². The average molecular weight is 423 g/mol. The summed E-state index contributed by atoms with van der Waals surface area (Å²) in [6, 6.07) is 3.73. The number of halogens is 2. The molecule has 1 atom stereocenters. The van der Waals surface area contributed by atoms with E-state index >= 15 is 0 Å². The molecule has 0 aliphatic carbocycles. The van der Waals surface area contributed by atoms with Crippen LogP contribution in [-0.4, -0.2) is 47.4 Å². The van der Waals surface area contributed by atoms with Crippen molar-refractivity contribution in [1.82, 2.24) is 9.91 Å². The van der Waals surface area contributed by atoms with Gasteiger partial charge in [0.1, 0.15) is 17.8 Å². The number of hydrogen-bond donors (Lipinski definition) is 1. The first-order valence-electron chi connectivity index (χ1n) is 9.94. The molecule has 0 aromatic heterocycles. The van der Waals surface area contributed by atoms with Crippen molar-refractivity contribution in [2.75, 3.05) is 25.5 Å². The fourth-order valence-corrected chi connectivity index (χ4v) is 4.36. The highest BCUT2D eigenvalue weighted by molar-refractivity contribution is 7.99. The van der Waals surface area contributed by atoms with Crippen LogP contribution in [0.1, 0.15) is 33.1 Å². The van der Waals surface area contributed by atoms with Crippen molar-refractivity contribution in [3.8, 4) is 0 Å². The van der Waals surface area contributed by atoms with E-state index in [1.807, 2.05) is 19.2 Å². The summed E-state index contributed by atoms with van der Waals surface area (Å²) in [7, 11) is 0. The number of aliphatic imine (C=N–C) groups is 1. The first-order chi connectivity index (χ1) is 14.0. The predicted octanol–water partition coefficient (Wildman–Crippen LogP) is 4.28. The second kappa shape index (κ2) is 10.2. The molecule has 2 heterocycles. The van der Waals surface area contributed by atoms with Crippen LogP contribution in [0.15, 0.2) is 51.6 Å². The molecule has 0 saturated carbocycles. The minimum Gasteiger partial charge on any atom is -0.378 e. The topological polar surface area (TPSA) is 54.1 Å². The Morgan fingerprint density at radius 1 is 1.24 bits per heavy atom. The molecule has 1 aromatic carbocycles. The van der Waals surface area contributed by atoms with Gasteiger partial charge in [0.05, 0.1) is 12.3 Å². The third-order valence-corrected chi connectivity index (χ3v) is 6.03. The standard InChI is InChI=1S/C21H28F2N4OS/c1-3-28-14-19-25-21-20(15(2)9-11-27(21)24)26(19)10-5-4-6-12-29-18-8-7-16(22)13-17(18)23/h7-9,11,13,19H,3-6,10,12,14,24H2,1-2H3. The summed E-state index contributed by atoms with van der Waals surface area (Å²) in [5.74, 6) is 6.62. The maximum Gasteiger partial charge on any atom is 0.168 e. The van der Waals surface area contributed by atoms with E-state index in [1.165, 1.54) is 23.9 Å². The van der Waals surface area contributed by atoms with Gasteiger partial charge in [0.15, 0.2) is 5.84 Å². The normalized spacial score (nSPS) is 18.5. The van der Waals surface area contributed by atoms with Crippen molar-refractivity contribution in [2.45, 2.75) is 44.2 Å². The van der Waals surface area contributed by atoms with Crippen molar-refractivity contribution in [2.24, 2.45) is 10.8 Å². The molecule has 0 fully saturated rings. The highest BCUT2D eigenvalue weighted by Crippen LogP contribution is 2.29. The Labute approximate surface area is 175 Å². The summed E-state index contributed by atoms with van der Waals surface area (Å²) in [5.41, 5.74) is 2.22. The molecule has 29 heavy (non-hydrogen) atoms. The number of rotatable bonds is 10. The van der Waals surface area contributed by atoms with Gasteiger partial charge in [0, 0.05) is 30.3 Å². The van der Waals surface area contributed by atoms with Crippen molar-refractivity contribution < 1.29 is 13.5 Å². The van der Waals surface area contributed by atoms with Crippen LogP contribution in [0.4, 0.5) is 8.78 Å². The molecule has 2 aliphatic rings. The lowest BCUT2D eigenvalue weighted by molar-refractivity contribution is 0.0910. The van der Waals surface area contributed by atoms with Gasteiger partial charge in [-0.2, -0.15) is 0 Å². The van der Waals surface area contributed by atoms with Crippen LogP contribution in [0.25, 0.3) is 0 Å². The maximum atomic E-state index is 13.7. The zero-order valence-electron chi connectivity index (χ0n) is 16.9. The van der Waals surface area contributed by atoms with Crippen molar-refractivity contribution >= 4 is 17.6 Å². The van der Waals surface area contributed by atoms with Gasteiger partial charge in [0.2, 0.25) is 0 Å². The Balaban J connectivity index is 1.49. The second-order valence-corrected chi connectivity index (χ2v) is 8.16. The number of nitrogens with zero attached hydrogens (tertiary/aromatic N) is 3. The number of thioether (sulfide) groups is 1. The number of ether oxygens (including phenoxy) is 1. The van der Waals surface area contributed by atoms with E-state index < -0.39 is 11.6 Å². The average Bonchev–Trinajstić information content (AvgIpc) is 3.07. The van der Waals surface area contributed by atoms with Crippen molar-refractivity contribution in [3.63, 3.8) is 0 Å². The first kappa shape index (κ1) is 21.8. The number of hydrazine groups is 1. The van der Waals surface area contributed by atoms with Gasteiger partial charge < -0.3 is 9.64 Å². The van der Waals surface area contributed by atoms with Gasteiger partial charge in [-0.3, -0.25) is 5.01 Å². The zero-order valence-corrected chi connectivity index (χ0v) is 17.7. The molecule has 0 radical (unpaired) electrons. The Morgan fingerprint density at radius 3 is 2.83 bits per heavy atom. The molecule has 0 amide bonds. The van der Waals surface area contributed by atoms with Crippen LogP contribution in [0.3, 0.4) is 0 Å². The lowest BCUT2D eigenvalue weighted by atomic mass is 10.1. The molecule has 1 aromatic rings. The molecule has 0 spiro atoms. The summed E-state index contributed by atoms with van der Waals surface area (Å²) in [6.45, 7) is 6.08. The number of fused-ring (bicyclic) bond motifs is 1. The number of hydrogen-bond acceptors (Lipinski definition) is 6. The quantitative estimate of drug-likeness (QED) is 0.347. The van der Waals surface area contributed by atoms with E-state index in [1.54, 1.807) is 5.01 Å². The number of nitrogens with two attached hydrogens (primary N) is 1. The molecule has 0 saturated heterocycles. The predicted molar refractivity (Wildman–Crippen MR) is 113 cm³/mol. The molecule has 0 bridgehead atoms. The van der Waals surface area contributed by atoms with Gasteiger partial charge in [-0.15, -0.1) is 11.8 Å². The van der Waals surface area contributed by atoms with E-state index in [-0.39, 0.29) is 6.17 Å². The number of unbranched alkanes of at least 4 members (excludes halogenated alkanes) is 2. The highest BCUT2D eigenvalue weighted by atomic mass is 32.2. The number of amidine groups is 1. The smallest absolute Gasteiger partial charge is 0.168 e. The minimum absolute atomic E-state index is 0.0662. The number of benzene rings is 1.